The number of hydrogen-bond acceptors (Lipinski definition) is 4. The van der Waals surface area contributed by atoms with Crippen molar-refractivity contribution in [3.05, 3.63) is 17.3 Å². The lowest BCUT2D eigenvalue weighted by Gasteiger charge is -2.05. The zero-order valence-corrected chi connectivity index (χ0v) is 12.2. The van der Waals surface area contributed by atoms with E-state index in [4.69, 9.17) is 4.98 Å². The third-order valence-corrected chi connectivity index (χ3v) is 4.40. The number of hydrogen-bond donors (Lipinski definition) is 1. The van der Waals surface area contributed by atoms with Crippen molar-refractivity contribution in [1.29, 1.82) is 0 Å². The summed E-state index contributed by atoms with van der Waals surface area (Å²) in [5.74, 6) is 1.91. The number of thioether (sulfide) groups is 1. The second kappa shape index (κ2) is 5.89. The average Bonchev–Trinajstić information content (AvgIpc) is 2.82. The standard InChI is InChI=1S/C12H19N3S2/c1-9(2)4-6-16-11-10(8-13-3)15-5-7-17-12(15)14-11/h5,7,9,13H,4,6,8H2,1-3H3. The van der Waals surface area contributed by atoms with E-state index in [1.54, 1.807) is 11.3 Å². The molecule has 0 aliphatic rings. The van der Waals surface area contributed by atoms with E-state index in [0.29, 0.717) is 0 Å². The molecular formula is C12H19N3S2. The molecule has 1 N–H and O–H groups in total. The number of aromatic nitrogens is 2. The number of nitrogens with one attached hydrogen (secondary N) is 1. The lowest BCUT2D eigenvalue weighted by molar-refractivity contribution is 0.631. The molecule has 0 atom stereocenters. The van der Waals surface area contributed by atoms with Gasteiger partial charge in [0.05, 0.1) is 5.69 Å². The summed E-state index contributed by atoms with van der Waals surface area (Å²) in [4.78, 5) is 5.79. The van der Waals surface area contributed by atoms with Gasteiger partial charge in [-0.25, -0.2) is 4.98 Å². The highest BCUT2D eigenvalue weighted by Gasteiger charge is 2.12. The predicted octanol–water partition coefficient (Wildman–Crippen LogP) is 3.25. The molecule has 94 valence electrons. The molecule has 2 rings (SSSR count). The molecule has 0 unspecified atom stereocenters. The highest BCUT2D eigenvalue weighted by molar-refractivity contribution is 7.99. The third-order valence-electron chi connectivity index (χ3n) is 2.60. The van der Waals surface area contributed by atoms with Crippen LogP contribution in [0.4, 0.5) is 0 Å². The van der Waals surface area contributed by atoms with Gasteiger partial charge in [0.25, 0.3) is 0 Å². The van der Waals surface area contributed by atoms with Gasteiger partial charge in [-0.05, 0) is 25.1 Å². The van der Waals surface area contributed by atoms with Crippen LogP contribution in [0.5, 0.6) is 0 Å². The first-order valence-electron chi connectivity index (χ1n) is 5.94. The maximum absolute atomic E-state index is 4.69. The smallest absolute Gasteiger partial charge is 0.194 e. The minimum absolute atomic E-state index is 0.763. The lowest BCUT2D eigenvalue weighted by Crippen LogP contribution is -2.08. The molecule has 0 aliphatic heterocycles. The molecule has 2 aromatic rings. The Morgan fingerprint density at radius 2 is 2.35 bits per heavy atom. The SMILES string of the molecule is CNCc1c(SCCC(C)C)nc2sccn12. The van der Waals surface area contributed by atoms with E-state index in [-0.39, 0.29) is 0 Å². The van der Waals surface area contributed by atoms with Gasteiger partial charge < -0.3 is 5.32 Å². The predicted molar refractivity (Wildman–Crippen MR) is 76.0 cm³/mol. The monoisotopic (exact) mass is 269 g/mol. The van der Waals surface area contributed by atoms with E-state index in [0.717, 1.165) is 23.2 Å². The molecule has 17 heavy (non-hydrogen) atoms. The Labute approximate surface area is 111 Å². The average molecular weight is 269 g/mol. The van der Waals surface area contributed by atoms with Crippen LogP contribution in [0.3, 0.4) is 0 Å². The Kier molecular flexibility index (Phi) is 4.48. The van der Waals surface area contributed by atoms with Crippen LogP contribution in [0.2, 0.25) is 0 Å². The first kappa shape index (κ1) is 12.9. The van der Waals surface area contributed by atoms with Crippen LogP contribution in [-0.4, -0.2) is 22.2 Å². The Bertz CT molecular complexity index is 473. The molecule has 0 amide bonds. The minimum Gasteiger partial charge on any atom is -0.314 e. The largest absolute Gasteiger partial charge is 0.314 e. The van der Waals surface area contributed by atoms with Gasteiger partial charge >= 0.3 is 0 Å². The second-order valence-electron chi connectivity index (χ2n) is 4.48. The van der Waals surface area contributed by atoms with Crippen LogP contribution in [0.15, 0.2) is 16.6 Å². The molecule has 3 nitrogen and oxygen atoms in total. The quantitative estimate of drug-likeness (QED) is 0.816. The molecule has 0 bridgehead atoms. The molecule has 0 fully saturated rings. The van der Waals surface area contributed by atoms with Crippen molar-refractivity contribution in [3.8, 4) is 0 Å². The number of rotatable bonds is 6. The van der Waals surface area contributed by atoms with Crippen LogP contribution in [0.25, 0.3) is 4.96 Å². The molecule has 2 aromatic heterocycles. The summed E-state index contributed by atoms with van der Waals surface area (Å²) < 4.78 is 2.19. The summed E-state index contributed by atoms with van der Waals surface area (Å²) in [6, 6.07) is 0. The summed E-state index contributed by atoms with van der Waals surface area (Å²) in [5, 5.41) is 6.50. The molecule has 0 aliphatic carbocycles. The Morgan fingerprint density at radius 3 is 3.06 bits per heavy atom. The zero-order valence-electron chi connectivity index (χ0n) is 10.6. The van der Waals surface area contributed by atoms with Crippen LogP contribution in [-0.2, 0) is 6.54 Å². The van der Waals surface area contributed by atoms with Crippen LogP contribution < -0.4 is 5.32 Å². The maximum Gasteiger partial charge on any atom is 0.194 e. The van der Waals surface area contributed by atoms with Gasteiger partial charge in [0.1, 0.15) is 5.03 Å². The molecule has 0 spiro atoms. The molecule has 5 heteroatoms. The van der Waals surface area contributed by atoms with Crippen LogP contribution in [0, 0.1) is 5.92 Å². The van der Waals surface area contributed by atoms with Crippen LogP contribution in [0.1, 0.15) is 26.0 Å². The number of imidazole rings is 1. The fourth-order valence-corrected chi connectivity index (χ4v) is 3.71. The summed E-state index contributed by atoms with van der Waals surface area (Å²) in [5.41, 5.74) is 1.29. The fraction of sp³-hybridized carbons (Fsp3) is 0.583. The topological polar surface area (TPSA) is 29.3 Å². The summed E-state index contributed by atoms with van der Waals surface area (Å²) in [6.45, 7) is 5.41. The Hall–Kier alpha value is -0.520. The van der Waals surface area contributed by atoms with Crippen molar-refractivity contribution < 1.29 is 0 Å². The van der Waals surface area contributed by atoms with E-state index in [2.05, 4.69) is 35.1 Å². The van der Waals surface area contributed by atoms with Gasteiger partial charge in [-0.1, -0.05) is 13.8 Å². The van der Waals surface area contributed by atoms with Gasteiger partial charge in [0, 0.05) is 18.1 Å². The van der Waals surface area contributed by atoms with Gasteiger partial charge in [-0.3, -0.25) is 4.40 Å². The number of nitrogens with zero attached hydrogens (tertiary/aromatic N) is 2. The van der Waals surface area contributed by atoms with Crippen molar-refractivity contribution in [2.75, 3.05) is 12.8 Å². The molecule has 0 saturated carbocycles. The Balaban J connectivity index is 2.14. The third kappa shape index (κ3) is 3.03. The van der Waals surface area contributed by atoms with Crippen molar-refractivity contribution in [2.45, 2.75) is 31.8 Å². The van der Waals surface area contributed by atoms with Crippen molar-refractivity contribution in [3.63, 3.8) is 0 Å². The number of thiazole rings is 1. The van der Waals surface area contributed by atoms with Crippen molar-refractivity contribution >= 4 is 28.1 Å². The van der Waals surface area contributed by atoms with Crippen molar-refractivity contribution in [1.82, 2.24) is 14.7 Å². The van der Waals surface area contributed by atoms with E-state index >= 15 is 0 Å². The van der Waals surface area contributed by atoms with Gasteiger partial charge in [-0.15, -0.1) is 23.1 Å². The minimum atomic E-state index is 0.763. The summed E-state index contributed by atoms with van der Waals surface area (Å²) >= 11 is 3.58. The first-order valence-corrected chi connectivity index (χ1v) is 7.80. The highest BCUT2D eigenvalue weighted by atomic mass is 32.2. The number of fused-ring (bicyclic) bond motifs is 1. The van der Waals surface area contributed by atoms with Gasteiger partial charge in [-0.2, -0.15) is 0 Å². The van der Waals surface area contributed by atoms with E-state index in [1.807, 2.05) is 18.8 Å². The summed E-state index contributed by atoms with van der Waals surface area (Å²) in [7, 11) is 1.98. The molecule has 0 saturated heterocycles. The Morgan fingerprint density at radius 1 is 1.53 bits per heavy atom. The maximum atomic E-state index is 4.69. The second-order valence-corrected chi connectivity index (χ2v) is 6.44. The first-order chi connectivity index (χ1) is 8.22. The fourth-order valence-electron chi connectivity index (χ4n) is 1.65. The van der Waals surface area contributed by atoms with E-state index < -0.39 is 0 Å². The summed E-state index contributed by atoms with van der Waals surface area (Å²) in [6.07, 6.45) is 3.35. The molecule has 2 heterocycles. The zero-order chi connectivity index (χ0) is 12.3. The van der Waals surface area contributed by atoms with E-state index in [9.17, 15) is 0 Å². The normalized spacial score (nSPS) is 11.8. The highest BCUT2D eigenvalue weighted by Crippen LogP contribution is 2.27. The van der Waals surface area contributed by atoms with Gasteiger partial charge in [0.15, 0.2) is 4.96 Å². The van der Waals surface area contributed by atoms with Crippen molar-refractivity contribution in [2.24, 2.45) is 5.92 Å². The van der Waals surface area contributed by atoms with Crippen LogP contribution >= 0.6 is 23.1 Å². The molecule has 0 radical (unpaired) electrons. The molecular weight excluding hydrogens is 250 g/mol. The lowest BCUT2D eigenvalue weighted by atomic mass is 10.2. The van der Waals surface area contributed by atoms with E-state index in [1.165, 1.54) is 17.1 Å². The molecule has 0 aromatic carbocycles. The van der Waals surface area contributed by atoms with Gasteiger partial charge in [0.2, 0.25) is 0 Å².